The summed E-state index contributed by atoms with van der Waals surface area (Å²) in [7, 11) is 0. The molecule has 0 aliphatic carbocycles. The van der Waals surface area contributed by atoms with Crippen LogP contribution in [-0.4, -0.2) is 24.7 Å². The summed E-state index contributed by atoms with van der Waals surface area (Å²) in [4.78, 5) is 12.8. The van der Waals surface area contributed by atoms with Gasteiger partial charge in [0.2, 0.25) is 5.91 Å². The summed E-state index contributed by atoms with van der Waals surface area (Å²) in [5.74, 6) is 0.574. The van der Waals surface area contributed by atoms with Crippen LogP contribution in [0.1, 0.15) is 24.0 Å². The molecule has 3 N–H and O–H groups in total. The van der Waals surface area contributed by atoms with Crippen molar-refractivity contribution >= 4 is 30.1 Å². The number of benzene rings is 1. The van der Waals surface area contributed by atoms with Gasteiger partial charge in [0.1, 0.15) is 0 Å². The topological polar surface area (TPSA) is 55.1 Å². The second-order valence-electron chi connectivity index (χ2n) is 4.40. The Labute approximate surface area is 126 Å². The predicted octanol–water partition coefficient (Wildman–Crippen LogP) is 2.67. The second kappa shape index (κ2) is 10.1. The number of hydrogen-bond donors (Lipinski definition) is 2. The maximum atomic E-state index is 11.6. The average Bonchev–Trinajstić information content (AvgIpc) is 2.36. The lowest BCUT2D eigenvalue weighted by atomic mass is 10.2. The Morgan fingerprint density at radius 2 is 2.05 bits per heavy atom. The van der Waals surface area contributed by atoms with Crippen LogP contribution in [0.15, 0.2) is 23.1 Å². The van der Waals surface area contributed by atoms with Crippen LogP contribution in [0, 0.1) is 13.8 Å². The molecule has 0 radical (unpaired) electrons. The molecule has 19 heavy (non-hydrogen) atoms. The van der Waals surface area contributed by atoms with Crippen LogP contribution in [0.4, 0.5) is 0 Å². The van der Waals surface area contributed by atoms with Crippen molar-refractivity contribution in [1.82, 2.24) is 5.32 Å². The third-order valence-corrected chi connectivity index (χ3v) is 3.81. The fourth-order valence-electron chi connectivity index (χ4n) is 1.55. The summed E-state index contributed by atoms with van der Waals surface area (Å²) >= 11 is 1.60. The first-order valence-corrected chi connectivity index (χ1v) is 7.29. The molecule has 0 atom stereocenters. The van der Waals surface area contributed by atoms with E-state index in [1.807, 2.05) is 0 Å². The lowest BCUT2D eigenvalue weighted by Gasteiger charge is -2.07. The average molecular weight is 303 g/mol. The van der Waals surface area contributed by atoms with Gasteiger partial charge in [0.25, 0.3) is 0 Å². The highest BCUT2D eigenvalue weighted by Gasteiger charge is 2.04. The number of carbonyl (C=O) groups excluding carboxylic acids is 1. The van der Waals surface area contributed by atoms with Crippen LogP contribution in [0.3, 0.4) is 0 Å². The molecule has 0 spiro atoms. The quantitative estimate of drug-likeness (QED) is 0.601. The first kappa shape index (κ1) is 18.3. The number of aryl methyl sites for hydroxylation is 2. The summed E-state index contributed by atoms with van der Waals surface area (Å²) in [5.41, 5.74) is 7.85. The molecule has 0 heterocycles. The van der Waals surface area contributed by atoms with Crippen LogP contribution >= 0.6 is 24.2 Å². The van der Waals surface area contributed by atoms with E-state index in [-0.39, 0.29) is 18.3 Å². The van der Waals surface area contributed by atoms with E-state index in [1.165, 1.54) is 16.0 Å². The number of nitrogens with two attached hydrogens (primary N) is 1. The minimum Gasteiger partial charge on any atom is -0.355 e. The number of unbranched alkanes of at least 4 members (excludes halogenated alkanes) is 1. The van der Waals surface area contributed by atoms with E-state index in [2.05, 4.69) is 37.4 Å². The monoisotopic (exact) mass is 302 g/mol. The highest BCUT2D eigenvalue weighted by Crippen LogP contribution is 2.23. The van der Waals surface area contributed by atoms with Gasteiger partial charge in [-0.3, -0.25) is 4.79 Å². The molecule has 1 rings (SSSR count). The Kier molecular flexibility index (Phi) is 9.74. The molecule has 108 valence electrons. The smallest absolute Gasteiger partial charge is 0.230 e. The Bertz CT molecular complexity index is 399. The number of nitrogens with one attached hydrogen (secondary N) is 1. The van der Waals surface area contributed by atoms with E-state index in [0.717, 1.165) is 19.4 Å². The molecule has 0 aliphatic heterocycles. The van der Waals surface area contributed by atoms with Gasteiger partial charge in [0, 0.05) is 11.4 Å². The third-order valence-electron chi connectivity index (χ3n) is 2.66. The lowest BCUT2D eigenvalue weighted by molar-refractivity contribution is -0.118. The summed E-state index contributed by atoms with van der Waals surface area (Å²) < 4.78 is 0. The van der Waals surface area contributed by atoms with Gasteiger partial charge in [0.15, 0.2) is 0 Å². The predicted molar refractivity (Wildman–Crippen MR) is 85.2 cm³/mol. The van der Waals surface area contributed by atoms with Gasteiger partial charge in [-0.15, -0.1) is 24.2 Å². The van der Waals surface area contributed by atoms with Crippen LogP contribution in [0.5, 0.6) is 0 Å². The normalized spacial score (nSPS) is 9.84. The fraction of sp³-hybridized carbons (Fsp3) is 0.500. The molecule has 0 bridgehead atoms. The van der Waals surface area contributed by atoms with Crippen molar-refractivity contribution in [2.45, 2.75) is 31.6 Å². The first-order valence-electron chi connectivity index (χ1n) is 6.30. The zero-order valence-electron chi connectivity index (χ0n) is 11.6. The standard InChI is InChI=1S/C14H22N2OS.ClH/c1-11-5-6-12(2)13(9-11)18-10-14(17)16-8-4-3-7-15;/h5-6,9H,3-4,7-8,10,15H2,1-2H3,(H,16,17);1H. The molecule has 0 unspecified atom stereocenters. The number of amides is 1. The summed E-state index contributed by atoms with van der Waals surface area (Å²) in [6.07, 6.45) is 1.92. The van der Waals surface area contributed by atoms with Crippen molar-refractivity contribution < 1.29 is 4.79 Å². The Balaban J connectivity index is 0.00000324. The van der Waals surface area contributed by atoms with Gasteiger partial charge in [0.05, 0.1) is 5.75 Å². The van der Waals surface area contributed by atoms with Crippen LogP contribution in [0.2, 0.25) is 0 Å². The van der Waals surface area contributed by atoms with Gasteiger partial charge in [-0.1, -0.05) is 17.7 Å². The largest absolute Gasteiger partial charge is 0.355 e. The van der Waals surface area contributed by atoms with E-state index >= 15 is 0 Å². The maximum absolute atomic E-state index is 11.6. The second-order valence-corrected chi connectivity index (χ2v) is 5.42. The minimum atomic E-state index is 0. The van der Waals surface area contributed by atoms with Gasteiger partial charge >= 0.3 is 0 Å². The molecular formula is C14H23ClN2OS. The van der Waals surface area contributed by atoms with Gasteiger partial charge in [-0.05, 0) is 44.9 Å². The Hall–Kier alpha value is -0.710. The van der Waals surface area contributed by atoms with E-state index in [1.54, 1.807) is 11.8 Å². The van der Waals surface area contributed by atoms with Gasteiger partial charge in [-0.2, -0.15) is 0 Å². The molecule has 0 saturated carbocycles. The number of halogens is 1. The molecule has 0 aromatic heterocycles. The molecule has 0 fully saturated rings. The molecule has 1 aromatic carbocycles. The van der Waals surface area contributed by atoms with Crippen molar-refractivity contribution in [2.24, 2.45) is 5.73 Å². The zero-order valence-corrected chi connectivity index (χ0v) is 13.2. The van der Waals surface area contributed by atoms with Crippen LogP contribution < -0.4 is 11.1 Å². The van der Waals surface area contributed by atoms with Crippen LogP contribution in [-0.2, 0) is 4.79 Å². The Morgan fingerprint density at radius 3 is 2.74 bits per heavy atom. The molecule has 1 aromatic rings. The van der Waals surface area contributed by atoms with E-state index < -0.39 is 0 Å². The fourth-order valence-corrected chi connectivity index (χ4v) is 2.51. The van der Waals surface area contributed by atoms with Gasteiger partial charge < -0.3 is 11.1 Å². The van der Waals surface area contributed by atoms with Crippen LogP contribution in [0.25, 0.3) is 0 Å². The lowest BCUT2D eigenvalue weighted by Crippen LogP contribution is -2.26. The van der Waals surface area contributed by atoms with Crippen molar-refractivity contribution in [3.05, 3.63) is 29.3 Å². The molecule has 3 nitrogen and oxygen atoms in total. The number of rotatable bonds is 7. The van der Waals surface area contributed by atoms with E-state index in [9.17, 15) is 4.79 Å². The summed E-state index contributed by atoms with van der Waals surface area (Å²) in [6, 6.07) is 6.31. The molecule has 5 heteroatoms. The Morgan fingerprint density at radius 1 is 1.32 bits per heavy atom. The van der Waals surface area contributed by atoms with Crippen molar-refractivity contribution in [2.75, 3.05) is 18.8 Å². The number of hydrogen-bond acceptors (Lipinski definition) is 3. The van der Waals surface area contributed by atoms with Crippen molar-refractivity contribution in [3.8, 4) is 0 Å². The minimum absolute atomic E-state index is 0. The van der Waals surface area contributed by atoms with E-state index in [4.69, 9.17) is 5.73 Å². The molecular weight excluding hydrogens is 280 g/mol. The summed E-state index contributed by atoms with van der Waals surface area (Å²) in [5, 5.41) is 2.91. The highest BCUT2D eigenvalue weighted by atomic mass is 35.5. The number of carbonyl (C=O) groups is 1. The number of thioether (sulfide) groups is 1. The maximum Gasteiger partial charge on any atom is 0.230 e. The SMILES string of the molecule is Cc1ccc(C)c(SCC(=O)NCCCCN)c1.Cl. The van der Waals surface area contributed by atoms with Crippen molar-refractivity contribution in [1.29, 1.82) is 0 Å². The molecule has 0 aliphatic rings. The summed E-state index contributed by atoms with van der Waals surface area (Å²) in [6.45, 7) is 5.55. The zero-order chi connectivity index (χ0) is 13.4. The van der Waals surface area contributed by atoms with Crippen molar-refractivity contribution in [3.63, 3.8) is 0 Å². The molecule has 1 amide bonds. The molecule has 0 saturated heterocycles. The first-order chi connectivity index (χ1) is 8.63. The van der Waals surface area contributed by atoms with Gasteiger partial charge in [-0.25, -0.2) is 0 Å². The highest BCUT2D eigenvalue weighted by molar-refractivity contribution is 8.00. The third kappa shape index (κ3) is 7.45. The van der Waals surface area contributed by atoms with E-state index in [0.29, 0.717) is 12.3 Å².